The molecule has 0 fully saturated rings. The minimum Gasteiger partial charge on any atom is -0.329 e. The molecule has 0 aliphatic heterocycles. The number of benzene rings is 2. The van der Waals surface area contributed by atoms with E-state index in [4.69, 9.17) is 5.73 Å². The number of nitrogens with two attached hydrogens (primary N) is 1. The first-order valence-electron chi connectivity index (χ1n) is 7.99. The maximum atomic E-state index is 12.9. The average Bonchev–Trinajstić information content (AvgIpc) is 2.95. The summed E-state index contributed by atoms with van der Waals surface area (Å²) in [5.41, 5.74) is 9.99. The first-order valence-corrected chi connectivity index (χ1v) is 7.99. The lowest BCUT2D eigenvalue weighted by atomic mass is 9.96. The van der Waals surface area contributed by atoms with E-state index in [1.54, 1.807) is 0 Å². The molecular formula is C19H23FN2. The van der Waals surface area contributed by atoms with Crippen molar-refractivity contribution in [3.8, 4) is 0 Å². The van der Waals surface area contributed by atoms with Gasteiger partial charge in [-0.1, -0.05) is 36.4 Å². The third kappa shape index (κ3) is 3.73. The van der Waals surface area contributed by atoms with Crippen LogP contribution in [-0.4, -0.2) is 12.6 Å². The fourth-order valence-electron chi connectivity index (χ4n) is 3.35. The van der Waals surface area contributed by atoms with Crippen molar-refractivity contribution >= 4 is 0 Å². The van der Waals surface area contributed by atoms with Crippen LogP contribution in [0.15, 0.2) is 48.5 Å². The van der Waals surface area contributed by atoms with E-state index in [0.29, 0.717) is 18.5 Å². The molecule has 0 radical (unpaired) electrons. The average molecular weight is 298 g/mol. The van der Waals surface area contributed by atoms with Gasteiger partial charge in [-0.05, 0) is 54.0 Å². The summed E-state index contributed by atoms with van der Waals surface area (Å²) in [5, 5.41) is 3.51. The lowest BCUT2D eigenvalue weighted by Crippen LogP contribution is -2.37. The van der Waals surface area contributed by atoms with Crippen molar-refractivity contribution in [3.63, 3.8) is 0 Å². The number of hydrogen-bond acceptors (Lipinski definition) is 2. The molecule has 3 N–H and O–H groups in total. The van der Waals surface area contributed by atoms with Gasteiger partial charge in [0.15, 0.2) is 0 Å². The standard InChI is InChI=1S/C19H23FN2/c20-18-7-5-14(6-8-18)13-22-19(12-21)11-15-9-16-3-1-2-4-17(16)10-15/h1-8,15,19,22H,9-13,21H2. The maximum Gasteiger partial charge on any atom is 0.123 e. The van der Waals surface area contributed by atoms with Gasteiger partial charge in [-0.3, -0.25) is 0 Å². The Bertz CT molecular complexity index is 584. The molecule has 0 saturated heterocycles. The molecule has 2 aromatic carbocycles. The Morgan fingerprint density at radius 2 is 1.68 bits per heavy atom. The van der Waals surface area contributed by atoms with Crippen molar-refractivity contribution in [2.24, 2.45) is 11.7 Å². The predicted molar refractivity (Wildman–Crippen MR) is 88.0 cm³/mol. The van der Waals surface area contributed by atoms with E-state index >= 15 is 0 Å². The summed E-state index contributed by atoms with van der Waals surface area (Å²) in [6.45, 7) is 1.37. The van der Waals surface area contributed by atoms with E-state index in [0.717, 1.165) is 31.4 Å². The molecule has 1 atom stereocenters. The van der Waals surface area contributed by atoms with Crippen LogP contribution in [0.25, 0.3) is 0 Å². The second-order valence-electron chi connectivity index (χ2n) is 6.22. The Morgan fingerprint density at radius 3 is 2.27 bits per heavy atom. The maximum absolute atomic E-state index is 12.9. The number of halogens is 1. The van der Waals surface area contributed by atoms with Crippen molar-refractivity contribution in [2.75, 3.05) is 6.54 Å². The van der Waals surface area contributed by atoms with E-state index < -0.39 is 0 Å². The molecule has 22 heavy (non-hydrogen) atoms. The first kappa shape index (κ1) is 15.2. The normalized spacial score (nSPS) is 15.7. The summed E-state index contributed by atoms with van der Waals surface area (Å²) in [5.74, 6) is 0.481. The van der Waals surface area contributed by atoms with E-state index in [2.05, 4.69) is 29.6 Å². The second-order valence-corrected chi connectivity index (χ2v) is 6.22. The first-order chi connectivity index (χ1) is 10.7. The molecular weight excluding hydrogens is 275 g/mol. The molecule has 0 spiro atoms. The fourth-order valence-corrected chi connectivity index (χ4v) is 3.35. The highest BCUT2D eigenvalue weighted by Gasteiger charge is 2.23. The molecule has 0 saturated carbocycles. The lowest BCUT2D eigenvalue weighted by Gasteiger charge is -2.20. The predicted octanol–water partition coefficient (Wildman–Crippen LogP) is 3.05. The Hall–Kier alpha value is -1.71. The largest absolute Gasteiger partial charge is 0.329 e. The molecule has 3 rings (SSSR count). The van der Waals surface area contributed by atoms with Crippen molar-refractivity contribution < 1.29 is 4.39 Å². The second kappa shape index (κ2) is 7.03. The van der Waals surface area contributed by atoms with Crippen LogP contribution >= 0.6 is 0 Å². The Balaban J connectivity index is 1.51. The fraction of sp³-hybridized carbons (Fsp3) is 0.368. The summed E-state index contributed by atoms with van der Waals surface area (Å²) in [4.78, 5) is 0. The summed E-state index contributed by atoms with van der Waals surface area (Å²) in [6, 6.07) is 15.7. The zero-order valence-electron chi connectivity index (χ0n) is 12.8. The molecule has 0 heterocycles. The van der Waals surface area contributed by atoms with Crippen molar-refractivity contribution in [2.45, 2.75) is 31.8 Å². The lowest BCUT2D eigenvalue weighted by molar-refractivity contribution is 0.395. The number of rotatable bonds is 6. The molecule has 1 unspecified atom stereocenters. The number of nitrogens with one attached hydrogen (secondary N) is 1. The van der Waals surface area contributed by atoms with E-state index in [1.165, 1.54) is 23.3 Å². The third-order valence-corrected chi connectivity index (χ3v) is 4.55. The van der Waals surface area contributed by atoms with Crippen LogP contribution in [0.5, 0.6) is 0 Å². The molecule has 3 heteroatoms. The van der Waals surface area contributed by atoms with Crippen molar-refractivity contribution in [3.05, 3.63) is 71.0 Å². The minimum absolute atomic E-state index is 0.192. The smallest absolute Gasteiger partial charge is 0.123 e. The van der Waals surface area contributed by atoms with Crippen LogP contribution in [-0.2, 0) is 19.4 Å². The van der Waals surface area contributed by atoms with Crippen molar-refractivity contribution in [1.29, 1.82) is 0 Å². The summed E-state index contributed by atoms with van der Waals surface area (Å²) in [6.07, 6.45) is 3.40. The van der Waals surface area contributed by atoms with E-state index in [-0.39, 0.29) is 5.82 Å². The van der Waals surface area contributed by atoms with E-state index in [9.17, 15) is 4.39 Å². The highest BCUT2D eigenvalue weighted by molar-refractivity contribution is 5.32. The molecule has 0 amide bonds. The minimum atomic E-state index is -0.192. The number of hydrogen-bond donors (Lipinski definition) is 2. The van der Waals surface area contributed by atoms with Crippen LogP contribution in [0.4, 0.5) is 4.39 Å². The van der Waals surface area contributed by atoms with Gasteiger partial charge in [0.1, 0.15) is 5.82 Å². The van der Waals surface area contributed by atoms with Gasteiger partial charge in [0.25, 0.3) is 0 Å². The highest BCUT2D eigenvalue weighted by atomic mass is 19.1. The topological polar surface area (TPSA) is 38.0 Å². The van der Waals surface area contributed by atoms with Gasteiger partial charge in [-0.15, -0.1) is 0 Å². The van der Waals surface area contributed by atoms with Gasteiger partial charge in [0.2, 0.25) is 0 Å². The van der Waals surface area contributed by atoms with Crippen LogP contribution in [0, 0.1) is 11.7 Å². The van der Waals surface area contributed by atoms with Gasteiger partial charge >= 0.3 is 0 Å². The molecule has 0 aromatic heterocycles. The van der Waals surface area contributed by atoms with Crippen molar-refractivity contribution in [1.82, 2.24) is 5.32 Å². The molecule has 2 nitrogen and oxygen atoms in total. The molecule has 116 valence electrons. The van der Waals surface area contributed by atoms with Crippen LogP contribution in [0.1, 0.15) is 23.1 Å². The summed E-state index contributed by atoms with van der Waals surface area (Å²) >= 11 is 0. The summed E-state index contributed by atoms with van der Waals surface area (Å²) in [7, 11) is 0. The van der Waals surface area contributed by atoms with Crippen LogP contribution in [0.3, 0.4) is 0 Å². The molecule has 1 aliphatic carbocycles. The molecule has 0 bridgehead atoms. The Labute approximate surface area is 131 Å². The SMILES string of the molecule is NCC(CC1Cc2ccccc2C1)NCc1ccc(F)cc1. The molecule has 2 aromatic rings. The van der Waals surface area contributed by atoms with Gasteiger partial charge in [0, 0.05) is 19.1 Å². The van der Waals surface area contributed by atoms with Gasteiger partial charge in [0.05, 0.1) is 0 Å². The quantitative estimate of drug-likeness (QED) is 0.860. The zero-order chi connectivity index (χ0) is 15.4. The van der Waals surface area contributed by atoms with Gasteiger partial charge in [-0.2, -0.15) is 0 Å². The van der Waals surface area contributed by atoms with Gasteiger partial charge < -0.3 is 11.1 Å². The summed E-state index contributed by atoms with van der Waals surface area (Å²) < 4.78 is 12.9. The number of fused-ring (bicyclic) bond motifs is 1. The Kier molecular flexibility index (Phi) is 4.86. The third-order valence-electron chi connectivity index (χ3n) is 4.55. The Morgan fingerprint density at radius 1 is 1.05 bits per heavy atom. The monoisotopic (exact) mass is 298 g/mol. The van der Waals surface area contributed by atoms with Crippen LogP contribution < -0.4 is 11.1 Å². The van der Waals surface area contributed by atoms with Gasteiger partial charge in [-0.25, -0.2) is 4.39 Å². The van der Waals surface area contributed by atoms with Crippen LogP contribution in [0.2, 0.25) is 0 Å². The van der Waals surface area contributed by atoms with E-state index in [1.807, 2.05) is 12.1 Å². The molecule has 1 aliphatic rings. The highest BCUT2D eigenvalue weighted by Crippen LogP contribution is 2.29. The zero-order valence-corrected chi connectivity index (χ0v) is 12.8.